The topological polar surface area (TPSA) is 74.6 Å². The van der Waals surface area contributed by atoms with Crippen molar-refractivity contribution in [1.29, 1.82) is 0 Å². The van der Waals surface area contributed by atoms with E-state index < -0.39 is 5.54 Å². The number of nitrogens with one attached hydrogen (secondary N) is 2. The summed E-state index contributed by atoms with van der Waals surface area (Å²) in [6.07, 6.45) is 4.92. The lowest BCUT2D eigenvalue weighted by Gasteiger charge is -2.33. The maximum atomic E-state index is 12.9. The van der Waals surface area contributed by atoms with Gasteiger partial charge in [-0.25, -0.2) is 4.79 Å². The zero-order valence-electron chi connectivity index (χ0n) is 13.6. The first kappa shape index (κ1) is 16.4. The molecule has 2 rings (SSSR count). The summed E-state index contributed by atoms with van der Waals surface area (Å²) in [5, 5.41) is 5.61. The molecule has 0 bridgehead atoms. The van der Waals surface area contributed by atoms with Gasteiger partial charge in [-0.2, -0.15) is 0 Å². The van der Waals surface area contributed by atoms with Gasteiger partial charge in [-0.05, 0) is 32.8 Å². The van der Waals surface area contributed by atoms with Crippen LogP contribution in [0.25, 0.3) is 0 Å². The van der Waals surface area contributed by atoms with Crippen molar-refractivity contribution < 1.29 is 14.0 Å². The van der Waals surface area contributed by atoms with E-state index in [2.05, 4.69) is 10.6 Å². The Labute approximate surface area is 131 Å². The van der Waals surface area contributed by atoms with E-state index in [9.17, 15) is 9.59 Å². The molecule has 3 amide bonds. The summed E-state index contributed by atoms with van der Waals surface area (Å²) in [6.45, 7) is 4.77. The van der Waals surface area contributed by atoms with Gasteiger partial charge in [-0.3, -0.25) is 4.79 Å². The van der Waals surface area contributed by atoms with Crippen LogP contribution in [0.1, 0.15) is 43.9 Å². The quantitative estimate of drug-likeness (QED) is 0.875. The van der Waals surface area contributed by atoms with Crippen molar-refractivity contribution in [3.8, 4) is 0 Å². The maximum absolute atomic E-state index is 12.9. The Balaban J connectivity index is 2.08. The number of rotatable bonds is 5. The Hall–Kier alpha value is -1.98. The molecule has 1 aromatic heterocycles. The second-order valence-electron chi connectivity index (χ2n) is 5.94. The van der Waals surface area contributed by atoms with Crippen LogP contribution in [0.3, 0.4) is 0 Å². The van der Waals surface area contributed by atoms with E-state index in [0.717, 1.165) is 24.2 Å². The lowest BCUT2D eigenvalue weighted by atomic mass is 9.95. The lowest BCUT2D eigenvalue weighted by Crippen LogP contribution is -2.59. The molecule has 1 saturated carbocycles. The highest BCUT2D eigenvalue weighted by Crippen LogP contribution is 2.31. The van der Waals surface area contributed by atoms with Crippen LogP contribution in [0.5, 0.6) is 0 Å². The Morgan fingerprint density at radius 2 is 2.05 bits per heavy atom. The molecule has 0 spiro atoms. The number of amides is 3. The van der Waals surface area contributed by atoms with E-state index in [4.69, 9.17) is 4.42 Å². The summed E-state index contributed by atoms with van der Waals surface area (Å²) in [5.74, 6) is 0.786. The van der Waals surface area contributed by atoms with Gasteiger partial charge in [-0.1, -0.05) is 12.8 Å². The smallest absolute Gasteiger partial charge is 0.315 e. The van der Waals surface area contributed by atoms with Crippen molar-refractivity contribution in [1.82, 2.24) is 15.5 Å². The zero-order chi connectivity index (χ0) is 16.2. The number of hydrogen-bond donors (Lipinski definition) is 2. The third-order valence-corrected chi connectivity index (χ3v) is 4.28. The lowest BCUT2D eigenvalue weighted by molar-refractivity contribution is -0.137. The largest absolute Gasteiger partial charge is 0.469 e. The van der Waals surface area contributed by atoms with Gasteiger partial charge in [0.2, 0.25) is 5.91 Å². The second-order valence-corrected chi connectivity index (χ2v) is 5.94. The standard InChI is InChI=1S/C16H25N3O3/c1-4-17-15(21)18-16(8-5-6-9-16)14(20)19(3)11-13-7-10-22-12(13)2/h7,10H,4-6,8-9,11H2,1-3H3,(H2,17,18,21). The van der Waals surface area contributed by atoms with Gasteiger partial charge in [0.1, 0.15) is 11.3 Å². The molecule has 1 heterocycles. The Kier molecular flexibility index (Phi) is 5.11. The van der Waals surface area contributed by atoms with Crippen molar-refractivity contribution in [3.63, 3.8) is 0 Å². The second kappa shape index (κ2) is 6.85. The monoisotopic (exact) mass is 307 g/mol. The summed E-state index contributed by atoms with van der Waals surface area (Å²) in [5.41, 5.74) is 0.216. The van der Waals surface area contributed by atoms with Crippen LogP contribution in [0.2, 0.25) is 0 Å². The fourth-order valence-corrected chi connectivity index (χ4v) is 3.06. The number of carbonyl (C=O) groups excluding carboxylic acids is 2. The zero-order valence-corrected chi connectivity index (χ0v) is 13.6. The van der Waals surface area contributed by atoms with Crippen LogP contribution < -0.4 is 10.6 Å². The first-order valence-electron chi connectivity index (χ1n) is 7.83. The van der Waals surface area contributed by atoms with E-state index in [1.54, 1.807) is 18.2 Å². The van der Waals surface area contributed by atoms with Crippen LogP contribution in [0, 0.1) is 6.92 Å². The van der Waals surface area contributed by atoms with E-state index in [-0.39, 0.29) is 11.9 Å². The van der Waals surface area contributed by atoms with Crippen molar-refractivity contribution in [2.24, 2.45) is 0 Å². The van der Waals surface area contributed by atoms with E-state index in [1.165, 1.54) is 0 Å². The summed E-state index contributed by atoms with van der Waals surface area (Å²) in [4.78, 5) is 26.5. The first-order valence-corrected chi connectivity index (χ1v) is 7.83. The van der Waals surface area contributed by atoms with E-state index >= 15 is 0 Å². The molecule has 1 aromatic rings. The van der Waals surface area contributed by atoms with Crippen LogP contribution >= 0.6 is 0 Å². The predicted octanol–water partition coefficient (Wildman–Crippen LogP) is 2.18. The molecule has 1 fully saturated rings. The van der Waals surface area contributed by atoms with Gasteiger partial charge >= 0.3 is 6.03 Å². The molecule has 122 valence electrons. The Morgan fingerprint density at radius 3 is 2.59 bits per heavy atom. The first-order chi connectivity index (χ1) is 10.5. The minimum Gasteiger partial charge on any atom is -0.469 e. The molecule has 6 heteroatoms. The van der Waals surface area contributed by atoms with Crippen LogP contribution in [0.15, 0.2) is 16.7 Å². The van der Waals surface area contributed by atoms with E-state index in [1.807, 2.05) is 19.9 Å². The third-order valence-electron chi connectivity index (χ3n) is 4.28. The van der Waals surface area contributed by atoms with Gasteiger partial charge in [0.05, 0.1) is 6.26 Å². The molecule has 1 aliphatic rings. The minimum atomic E-state index is -0.772. The summed E-state index contributed by atoms with van der Waals surface area (Å²) in [6, 6.07) is 1.60. The number of aryl methyl sites for hydroxylation is 1. The highest BCUT2D eigenvalue weighted by atomic mass is 16.3. The molecule has 2 N–H and O–H groups in total. The molecule has 0 aromatic carbocycles. The number of urea groups is 1. The van der Waals surface area contributed by atoms with Crippen molar-refractivity contribution in [2.75, 3.05) is 13.6 Å². The maximum Gasteiger partial charge on any atom is 0.315 e. The summed E-state index contributed by atoms with van der Waals surface area (Å²) >= 11 is 0. The molecule has 0 aliphatic heterocycles. The van der Waals surface area contributed by atoms with Crippen LogP contribution in [-0.2, 0) is 11.3 Å². The molecule has 1 aliphatic carbocycles. The normalized spacial score (nSPS) is 16.3. The number of furan rings is 1. The molecule has 22 heavy (non-hydrogen) atoms. The third kappa shape index (κ3) is 3.43. The van der Waals surface area contributed by atoms with Crippen LogP contribution in [-0.4, -0.2) is 36.0 Å². The number of likely N-dealkylation sites (N-methyl/N-ethyl adjacent to an activating group) is 1. The molecule has 0 radical (unpaired) electrons. The number of nitrogens with zero attached hydrogens (tertiary/aromatic N) is 1. The fourth-order valence-electron chi connectivity index (χ4n) is 3.06. The van der Waals surface area contributed by atoms with E-state index in [0.29, 0.717) is 25.9 Å². The van der Waals surface area contributed by atoms with Gasteiger partial charge in [0.25, 0.3) is 0 Å². The highest BCUT2D eigenvalue weighted by Gasteiger charge is 2.44. The van der Waals surface area contributed by atoms with Gasteiger partial charge < -0.3 is 20.0 Å². The fraction of sp³-hybridized carbons (Fsp3) is 0.625. The minimum absolute atomic E-state index is 0.0307. The summed E-state index contributed by atoms with van der Waals surface area (Å²) in [7, 11) is 1.77. The average Bonchev–Trinajstić information content (AvgIpc) is 3.09. The van der Waals surface area contributed by atoms with Crippen LogP contribution in [0.4, 0.5) is 4.79 Å². The number of hydrogen-bond acceptors (Lipinski definition) is 3. The van der Waals surface area contributed by atoms with Crippen molar-refractivity contribution in [3.05, 3.63) is 23.7 Å². The molecule has 6 nitrogen and oxygen atoms in total. The molecule has 0 unspecified atom stereocenters. The van der Waals surface area contributed by atoms with Crippen molar-refractivity contribution in [2.45, 2.75) is 51.6 Å². The van der Waals surface area contributed by atoms with Gasteiger partial charge in [0, 0.05) is 25.7 Å². The molecule has 0 saturated heterocycles. The predicted molar refractivity (Wildman–Crippen MR) is 83.3 cm³/mol. The van der Waals surface area contributed by atoms with Gasteiger partial charge in [-0.15, -0.1) is 0 Å². The molecule has 0 atom stereocenters. The SMILES string of the molecule is CCNC(=O)NC1(C(=O)N(C)Cc2ccoc2C)CCCC1. The highest BCUT2D eigenvalue weighted by molar-refractivity contribution is 5.91. The van der Waals surface area contributed by atoms with Gasteiger partial charge in [0.15, 0.2) is 0 Å². The Bertz CT molecular complexity index is 532. The summed E-state index contributed by atoms with van der Waals surface area (Å²) < 4.78 is 5.27. The van der Waals surface area contributed by atoms with Crippen molar-refractivity contribution >= 4 is 11.9 Å². The molecular formula is C16H25N3O3. The average molecular weight is 307 g/mol. The number of carbonyl (C=O) groups is 2. The molecular weight excluding hydrogens is 282 g/mol. The Morgan fingerprint density at radius 1 is 1.36 bits per heavy atom.